The molecule has 0 aromatic heterocycles. The van der Waals surface area contributed by atoms with Crippen molar-refractivity contribution in [2.75, 3.05) is 6.73 Å². The van der Waals surface area contributed by atoms with Crippen LogP contribution in [0.5, 0.6) is 11.5 Å². The van der Waals surface area contributed by atoms with Gasteiger partial charge in [0.2, 0.25) is 5.91 Å². The van der Waals surface area contributed by atoms with Crippen LogP contribution in [-0.2, 0) is 11.3 Å². The van der Waals surface area contributed by atoms with Crippen LogP contribution in [0.3, 0.4) is 0 Å². The lowest BCUT2D eigenvalue weighted by Gasteiger charge is -2.19. The van der Waals surface area contributed by atoms with Gasteiger partial charge in [0.25, 0.3) is 0 Å². The number of carbonyl (C=O) groups is 1. The first-order valence-corrected chi connectivity index (χ1v) is 9.61. The van der Waals surface area contributed by atoms with Crippen LogP contribution in [0.1, 0.15) is 32.3 Å². The highest BCUT2D eigenvalue weighted by Crippen LogP contribution is 2.23. The lowest BCUT2D eigenvalue weighted by Crippen LogP contribution is -2.30. The molecule has 2 rings (SSSR count). The molecule has 0 radical (unpaired) electrons. The molecule has 0 saturated carbocycles. The monoisotopic (exact) mass is 429 g/mol. The molecule has 2 aromatic rings. The van der Waals surface area contributed by atoms with Crippen LogP contribution in [0.2, 0.25) is 0 Å². The van der Waals surface area contributed by atoms with Crippen LogP contribution < -0.4 is 4.74 Å². The van der Waals surface area contributed by atoms with E-state index in [1.165, 1.54) is 11.0 Å². The molecule has 0 heterocycles. The smallest absolute Gasteiger partial charge is 0.228 e. The minimum atomic E-state index is -0.979. The number of carbonyl (C=O) groups excluding carboxylic acids is 1. The Kier molecular flexibility index (Phi) is 14.6. The predicted octanol–water partition coefficient (Wildman–Crippen LogP) is 5.83. The Hall–Kier alpha value is -3.43. The van der Waals surface area contributed by atoms with Crippen molar-refractivity contribution in [1.29, 1.82) is 0 Å². The molecule has 0 aliphatic heterocycles. The maximum absolute atomic E-state index is 13.2. The Balaban J connectivity index is 0.00000134. The van der Waals surface area contributed by atoms with Crippen molar-refractivity contribution in [3.8, 4) is 24.3 Å². The number of aliphatic hydroxyl groups is 1. The summed E-state index contributed by atoms with van der Waals surface area (Å²) in [7, 11) is 0. The minimum absolute atomic E-state index is 0.178. The summed E-state index contributed by atoms with van der Waals surface area (Å²) in [6, 6.07) is 10.1. The summed E-state index contributed by atoms with van der Waals surface area (Å²) in [4.78, 5) is 13.3. The van der Waals surface area contributed by atoms with Gasteiger partial charge in [-0.05, 0) is 43.2 Å². The Morgan fingerprint density at radius 3 is 2.19 bits per heavy atom. The molecule has 0 aliphatic carbocycles. The predicted molar refractivity (Wildman–Crippen MR) is 120 cm³/mol. The second-order valence-electron chi connectivity index (χ2n) is 6.03. The van der Waals surface area contributed by atoms with Gasteiger partial charge in [-0.2, -0.15) is 0 Å². The highest BCUT2D eigenvalue weighted by molar-refractivity contribution is 5.77. The van der Waals surface area contributed by atoms with Crippen molar-refractivity contribution < 1.29 is 23.4 Å². The van der Waals surface area contributed by atoms with Gasteiger partial charge in [-0.15, -0.1) is 19.4 Å². The van der Waals surface area contributed by atoms with E-state index in [0.29, 0.717) is 5.75 Å². The molecule has 2 aromatic carbocycles. The van der Waals surface area contributed by atoms with Gasteiger partial charge >= 0.3 is 0 Å². The second kappa shape index (κ2) is 16.4. The van der Waals surface area contributed by atoms with E-state index < -0.39 is 11.6 Å². The Bertz CT molecular complexity index is 846. The zero-order valence-corrected chi connectivity index (χ0v) is 17.9. The lowest BCUT2D eigenvalue weighted by molar-refractivity contribution is -0.134. The first kappa shape index (κ1) is 27.6. The van der Waals surface area contributed by atoms with Crippen LogP contribution in [0.4, 0.5) is 8.78 Å². The normalized spacial score (nSPS) is 9.65. The molecule has 0 atom stereocenters. The molecular weight excluding hydrogens is 400 g/mol. The number of amides is 1. The summed E-state index contributed by atoms with van der Waals surface area (Å²) in [5.74, 6) is -1.46. The van der Waals surface area contributed by atoms with Gasteiger partial charge in [0.05, 0.1) is 0 Å². The summed E-state index contributed by atoms with van der Waals surface area (Å²) in [5.41, 5.74) is 0.806. The van der Waals surface area contributed by atoms with Gasteiger partial charge in [0.1, 0.15) is 18.2 Å². The van der Waals surface area contributed by atoms with Crippen molar-refractivity contribution in [3.63, 3.8) is 0 Å². The van der Waals surface area contributed by atoms with Gasteiger partial charge in [-0.3, -0.25) is 4.79 Å². The van der Waals surface area contributed by atoms with Crippen molar-refractivity contribution in [2.24, 2.45) is 0 Å². The van der Waals surface area contributed by atoms with Crippen LogP contribution in [-0.4, -0.2) is 22.6 Å². The number of terminal acetylenes is 1. The third-order valence-corrected chi connectivity index (χ3v) is 3.76. The van der Waals surface area contributed by atoms with Crippen LogP contribution >= 0.6 is 0 Å². The molecule has 31 heavy (non-hydrogen) atoms. The molecule has 1 N–H and O–H groups in total. The van der Waals surface area contributed by atoms with Gasteiger partial charge in [-0.1, -0.05) is 37.3 Å². The summed E-state index contributed by atoms with van der Waals surface area (Å²) in [5, 5.41) is 9.35. The van der Waals surface area contributed by atoms with E-state index in [1.54, 1.807) is 36.4 Å². The fraction of sp³-hybridized carbons (Fsp3) is 0.240. The third kappa shape index (κ3) is 10.8. The third-order valence-electron chi connectivity index (χ3n) is 3.76. The quantitative estimate of drug-likeness (QED) is 0.326. The number of hydrogen-bond donors (Lipinski definition) is 1. The Labute approximate surface area is 183 Å². The summed E-state index contributed by atoms with van der Waals surface area (Å²) in [6.45, 7) is 7.25. The number of allylic oxidation sites excluding steroid dienone is 2. The number of halogens is 2. The number of rotatable bonds is 8. The van der Waals surface area contributed by atoms with E-state index in [2.05, 4.69) is 26.3 Å². The molecule has 0 bridgehead atoms. The van der Waals surface area contributed by atoms with E-state index in [9.17, 15) is 18.7 Å². The van der Waals surface area contributed by atoms with E-state index >= 15 is 0 Å². The standard InChI is InChI=1S/C19H19F2NO3.C4H8.C2H2/c1-2-3-4-19(24)22(13-23)12-14-5-7-15(8-6-14)25-16-9-10-17(20)18(21)11-16;1-3-4-2;1-2/h2-3,5-11,23H,4,12-13H2,1H3;3H,1,4H2,2H3;1-2H/b3-2-;;. The molecule has 6 heteroatoms. The van der Waals surface area contributed by atoms with E-state index in [4.69, 9.17) is 4.74 Å². The minimum Gasteiger partial charge on any atom is -0.457 e. The first-order chi connectivity index (χ1) is 14.9. The zero-order valence-electron chi connectivity index (χ0n) is 17.9. The van der Waals surface area contributed by atoms with E-state index in [-0.39, 0.29) is 31.4 Å². The summed E-state index contributed by atoms with van der Waals surface area (Å²) >= 11 is 0. The molecule has 0 aliphatic rings. The van der Waals surface area contributed by atoms with Gasteiger partial charge in [0, 0.05) is 19.0 Å². The second-order valence-corrected chi connectivity index (χ2v) is 6.03. The van der Waals surface area contributed by atoms with Crippen molar-refractivity contribution >= 4 is 5.91 Å². The van der Waals surface area contributed by atoms with Crippen LogP contribution in [0, 0.1) is 24.5 Å². The molecule has 0 saturated heterocycles. The van der Waals surface area contributed by atoms with Gasteiger partial charge in [0.15, 0.2) is 11.6 Å². The highest BCUT2D eigenvalue weighted by atomic mass is 19.2. The van der Waals surface area contributed by atoms with E-state index in [1.807, 2.05) is 13.0 Å². The first-order valence-electron chi connectivity index (χ1n) is 9.61. The lowest BCUT2D eigenvalue weighted by atomic mass is 10.2. The Morgan fingerprint density at radius 2 is 1.71 bits per heavy atom. The molecule has 0 fully saturated rings. The number of benzene rings is 2. The van der Waals surface area contributed by atoms with Crippen molar-refractivity contribution in [1.82, 2.24) is 4.90 Å². The fourth-order valence-electron chi connectivity index (χ4n) is 2.12. The number of nitrogens with zero attached hydrogens (tertiary/aromatic N) is 1. The highest BCUT2D eigenvalue weighted by Gasteiger charge is 2.11. The SMILES string of the molecule is C#C.C/C=C\CC(=O)N(CO)Cc1ccc(Oc2ccc(F)c(F)c2)cc1.C=CCC. The molecule has 0 spiro atoms. The Morgan fingerprint density at radius 1 is 1.13 bits per heavy atom. The topological polar surface area (TPSA) is 49.8 Å². The average molecular weight is 430 g/mol. The molecule has 0 unspecified atom stereocenters. The number of hydrogen-bond acceptors (Lipinski definition) is 3. The molecule has 166 valence electrons. The van der Waals surface area contributed by atoms with E-state index in [0.717, 1.165) is 24.1 Å². The van der Waals surface area contributed by atoms with Gasteiger partial charge < -0.3 is 14.7 Å². The molecule has 1 amide bonds. The summed E-state index contributed by atoms with van der Waals surface area (Å²) in [6.07, 6.45) is 14.7. The largest absolute Gasteiger partial charge is 0.457 e. The molecular formula is C25H29F2NO3. The number of aliphatic hydroxyl groups excluding tert-OH is 1. The maximum Gasteiger partial charge on any atom is 0.228 e. The van der Waals surface area contributed by atoms with Gasteiger partial charge in [-0.25, -0.2) is 8.78 Å². The molecule has 4 nitrogen and oxygen atoms in total. The maximum atomic E-state index is 13.2. The van der Waals surface area contributed by atoms with Crippen molar-refractivity contribution in [3.05, 3.63) is 84.5 Å². The fourth-order valence-corrected chi connectivity index (χ4v) is 2.12. The zero-order chi connectivity index (χ0) is 23.6. The average Bonchev–Trinajstić information content (AvgIpc) is 2.80. The van der Waals surface area contributed by atoms with Crippen molar-refractivity contribution in [2.45, 2.75) is 33.2 Å². The summed E-state index contributed by atoms with van der Waals surface area (Å²) < 4.78 is 31.5. The van der Waals surface area contributed by atoms with Crippen LogP contribution in [0.25, 0.3) is 0 Å². The number of ether oxygens (including phenoxy) is 1. The van der Waals surface area contributed by atoms with Crippen LogP contribution in [0.15, 0.2) is 67.3 Å².